The zero-order chi connectivity index (χ0) is 8.43. The van der Waals surface area contributed by atoms with Crippen LogP contribution < -0.4 is 11.5 Å². The number of piperidine rings is 1. The Morgan fingerprint density at radius 2 is 2.27 bits per heavy atom. The van der Waals surface area contributed by atoms with Crippen molar-refractivity contribution in [2.75, 3.05) is 20.1 Å². The van der Waals surface area contributed by atoms with E-state index in [4.69, 9.17) is 11.5 Å². The number of likely N-dealkylation sites (tertiary alicyclic amines) is 1. The normalized spacial score (nSPS) is 33.6. The highest BCUT2D eigenvalue weighted by Gasteiger charge is 2.28. The monoisotopic (exact) mass is 157 g/mol. The number of primary amides is 1. The molecule has 0 unspecified atom stereocenters. The fourth-order valence-electron chi connectivity index (χ4n) is 1.43. The molecule has 64 valence electrons. The lowest BCUT2D eigenvalue weighted by atomic mass is 9.93. The lowest BCUT2D eigenvalue weighted by Gasteiger charge is -2.32. The molecule has 1 fully saturated rings. The number of hydrogen-bond donors (Lipinski definition) is 2. The van der Waals surface area contributed by atoms with Crippen LogP contribution in [0.25, 0.3) is 0 Å². The van der Waals surface area contributed by atoms with E-state index in [-0.39, 0.29) is 17.9 Å². The highest BCUT2D eigenvalue weighted by Crippen LogP contribution is 2.13. The first-order valence-electron chi connectivity index (χ1n) is 3.84. The van der Waals surface area contributed by atoms with Crippen molar-refractivity contribution in [1.82, 2.24) is 4.90 Å². The van der Waals surface area contributed by atoms with E-state index in [2.05, 4.69) is 4.90 Å². The van der Waals surface area contributed by atoms with Crippen LogP contribution in [0.4, 0.5) is 0 Å². The van der Waals surface area contributed by atoms with Gasteiger partial charge in [0.1, 0.15) is 0 Å². The predicted molar refractivity (Wildman–Crippen MR) is 42.8 cm³/mol. The number of nitrogens with zero attached hydrogens (tertiary/aromatic N) is 1. The zero-order valence-electron chi connectivity index (χ0n) is 6.79. The summed E-state index contributed by atoms with van der Waals surface area (Å²) in [7, 11) is 1.97. The van der Waals surface area contributed by atoms with Gasteiger partial charge in [-0.2, -0.15) is 0 Å². The molecule has 0 aromatic heterocycles. The Morgan fingerprint density at radius 1 is 1.64 bits per heavy atom. The van der Waals surface area contributed by atoms with Gasteiger partial charge in [0.05, 0.1) is 5.92 Å². The first-order chi connectivity index (χ1) is 5.11. The summed E-state index contributed by atoms with van der Waals surface area (Å²) < 4.78 is 0. The number of carbonyl (C=O) groups is 1. The molecule has 0 bridgehead atoms. The predicted octanol–water partition coefficient (Wildman–Crippen LogP) is -1.25. The molecular weight excluding hydrogens is 142 g/mol. The number of rotatable bonds is 1. The summed E-state index contributed by atoms with van der Waals surface area (Å²) in [5.41, 5.74) is 10.9. The van der Waals surface area contributed by atoms with Gasteiger partial charge < -0.3 is 16.4 Å². The van der Waals surface area contributed by atoms with Crippen LogP contribution in [-0.2, 0) is 4.79 Å². The third-order valence-corrected chi connectivity index (χ3v) is 2.23. The molecule has 0 aromatic carbocycles. The Hall–Kier alpha value is -0.610. The maximum Gasteiger partial charge on any atom is 0.223 e. The highest BCUT2D eigenvalue weighted by atomic mass is 16.1. The molecule has 4 nitrogen and oxygen atoms in total. The molecule has 0 saturated carbocycles. The number of carbonyl (C=O) groups excluding carboxylic acids is 1. The summed E-state index contributed by atoms with van der Waals surface area (Å²) in [6, 6.07) is -0.0382. The van der Waals surface area contributed by atoms with Gasteiger partial charge in [0.15, 0.2) is 0 Å². The van der Waals surface area contributed by atoms with Crippen molar-refractivity contribution in [1.29, 1.82) is 0 Å². The Balaban J connectivity index is 2.54. The summed E-state index contributed by atoms with van der Waals surface area (Å²) in [6.45, 7) is 1.67. The van der Waals surface area contributed by atoms with E-state index >= 15 is 0 Å². The summed E-state index contributed by atoms with van der Waals surface area (Å²) in [4.78, 5) is 12.9. The molecule has 2 atom stereocenters. The maximum atomic E-state index is 10.8. The quantitative estimate of drug-likeness (QED) is 0.499. The van der Waals surface area contributed by atoms with Crippen LogP contribution in [0.1, 0.15) is 6.42 Å². The zero-order valence-corrected chi connectivity index (χ0v) is 6.79. The molecular formula is C7H15N3O. The molecule has 11 heavy (non-hydrogen) atoms. The second-order valence-electron chi connectivity index (χ2n) is 3.22. The molecule has 1 amide bonds. The third kappa shape index (κ3) is 1.91. The summed E-state index contributed by atoms with van der Waals surface area (Å²) >= 11 is 0. The van der Waals surface area contributed by atoms with Crippen LogP contribution in [0.5, 0.6) is 0 Å². The van der Waals surface area contributed by atoms with Crippen LogP contribution >= 0.6 is 0 Å². The Bertz CT molecular complexity index is 160. The minimum absolute atomic E-state index is 0.0382. The molecule has 1 heterocycles. The largest absolute Gasteiger partial charge is 0.369 e. The Kier molecular flexibility index (Phi) is 2.46. The molecule has 0 radical (unpaired) electrons. The average Bonchev–Trinajstić information content (AvgIpc) is 1.94. The maximum absolute atomic E-state index is 10.8. The van der Waals surface area contributed by atoms with Gasteiger partial charge in [0.2, 0.25) is 5.91 Å². The lowest BCUT2D eigenvalue weighted by molar-refractivity contribution is -0.123. The topological polar surface area (TPSA) is 72.3 Å². The van der Waals surface area contributed by atoms with Gasteiger partial charge in [0, 0.05) is 12.6 Å². The van der Waals surface area contributed by atoms with E-state index in [9.17, 15) is 4.79 Å². The van der Waals surface area contributed by atoms with Gasteiger partial charge >= 0.3 is 0 Å². The minimum atomic E-state index is -0.274. The minimum Gasteiger partial charge on any atom is -0.369 e. The van der Waals surface area contributed by atoms with Crippen molar-refractivity contribution < 1.29 is 4.79 Å². The molecule has 1 rings (SSSR count). The second-order valence-corrected chi connectivity index (χ2v) is 3.22. The molecule has 0 aliphatic carbocycles. The molecule has 1 aliphatic heterocycles. The molecule has 1 saturated heterocycles. The Labute approximate surface area is 66.5 Å². The van der Waals surface area contributed by atoms with Crippen LogP contribution in [0.2, 0.25) is 0 Å². The van der Waals surface area contributed by atoms with Gasteiger partial charge in [-0.3, -0.25) is 4.79 Å². The highest BCUT2D eigenvalue weighted by molar-refractivity contribution is 5.77. The second kappa shape index (κ2) is 3.19. The fraction of sp³-hybridized carbons (Fsp3) is 0.857. The van der Waals surface area contributed by atoms with Crippen LogP contribution in [0, 0.1) is 5.92 Å². The standard InChI is InChI=1S/C7H15N3O/c1-10-3-2-6(8)5(4-10)7(9)11/h5-6H,2-4,8H2,1H3,(H2,9,11)/t5-,6+/m1/s1. The summed E-state index contributed by atoms with van der Waals surface area (Å²) in [5, 5.41) is 0. The van der Waals surface area contributed by atoms with E-state index in [1.807, 2.05) is 7.05 Å². The lowest BCUT2D eigenvalue weighted by Crippen LogP contribution is -2.50. The van der Waals surface area contributed by atoms with E-state index in [1.165, 1.54) is 0 Å². The average molecular weight is 157 g/mol. The number of hydrogen-bond acceptors (Lipinski definition) is 3. The summed E-state index contributed by atoms with van der Waals surface area (Å²) in [6.07, 6.45) is 0.865. The molecule has 0 spiro atoms. The molecule has 1 aliphatic rings. The van der Waals surface area contributed by atoms with Gasteiger partial charge in [-0.1, -0.05) is 0 Å². The van der Waals surface area contributed by atoms with Crippen molar-refractivity contribution in [3.8, 4) is 0 Å². The third-order valence-electron chi connectivity index (χ3n) is 2.23. The van der Waals surface area contributed by atoms with Gasteiger partial charge in [-0.15, -0.1) is 0 Å². The van der Waals surface area contributed by atoms with Crippen molar-refractivity contribution >= 4 is 5.91 Å². The first-order valence-corrected chi connectivity index (χ1v) is 3.84. The van der Waals surface area contributed by atoms with Crippen LogP contribution in [0.15, 0.2) is 0 Å². The van der Waals surface area contributed by atoms with Crippen LogP contribution in [-0.4, -0.2) is 37.0 Å². The van der Waals surface area contributed by atoms with Gasteiger partial charge in [0.25, 0.3) is 0 Å². The van der Waals surface area contributed by atoms with Gasteiger partial charge in [-0.25, -0.2) is 0 Å². The summed E-state index contributed by atoms with van der Waals surface area (Å²) in [5.74, 6) is -0.433. The molecule has 4 heteroatoms. The van der Waals surface area contributed by atoms with Crippen molar-refractivity contribution in [3.05, 3.63) is 0 Å². The van der Waals surface area contributed by atoms with Crippen molar-refractivity contribution in [2.24, 2.45) is 17.4 Å². The van der Waals surface area contributed by atoms with Gasteiger partial charge in [-0.05, 0) is 20.0 Å². The Morgan fingerprint density at radius 3 is 2.73 bits per heavy atom. The van der Waals surface area contributed by atoms with Crippen LogP contribution in [0.3, 0.4) is 0 Å². The van der Waals surface area contributed by atoms with E-state index in [1.54, 1.807) is 0 Å². The first kappa shape index (κ1) is 8.49. The van der Waals surface area contributed by atoms with E-state index < -0.39 is 0 Å². The molecule has 0 aromatic rings. The van der Waals surface area contributed by atoms with E-state index in [0.717, 1.165) is 13.0 Å². The van der Waals surface area contributed by atoms with Crippen molar-refractivity contribution in [3.63, 3.8) is 0 Å². The number of amides is 1. The number of nitrogens with two attached hydrogens (primary N) is 2. The van der Waals surface area contributed by atoms with Crippen molar-refractivity contribution in [2.45, 2.75) is 12.5 Å². The molecule has 4 N–H and O–H groups in total. The SMILES string of the molecule is CN1CC[C@H](N)[C@H](C(N)=O)C1. The fourth-order valence-corrected chi connectivity index (χ4v) is 1.43. The van der Waals surface area contributed by atoms with E-state index in [0.29, 0.717) is 6.54 Å². The smallest absolute Gasteiger partial charge is 0.223 e.